The molecule has 0 radical (unpaired) electrons. The van der Waals surface area contributed by atoms with E-state index in [1.54, 1.807) is 18.6 Å². The van der Waals surface area contributed by atoms with Crippen molar-refractivity contribution < 1.29 is 19.1 Å². The Labute approximate surface area is 194 Å². The van der Waals surface area contributed by atoms with Crippen molar-refractivity contribution in [2.75, 3.05) is 45.3 Å². The SMILES string of the molecule is COCCNC(=O)c1cc(CN2CCOCC2(C)C)ccc1NC(=O)c1csc(Br)n1. The number of aromatic nitrogens is 1. The van der Waals surface area contributed by atoms with Crippen LogP contribution in [-0.2, 0) is 16.0 Å². The summed E-state index contributed by atoms with van der Waals surface area (Å²) in [4.78, 5) is 31.9. The summed E-state index contributed by atoms with van der Waals surface area (Å²) in [6, 6.07) is 5.54. The molecule has 0 aliphatic carbocycles. The fourth-order valence-electron chi connectivity index (χ4n) is 3.30. The first-order chi connectivity index (χ1) is 14.8. The topological polar surface area (TPSA) is 92.8 Å². The molecule has 1 saturated heterocycles. The van der Waals surface area contributed by atoms with Gasteiger partial charge in [-0.05, 0) is 47.5 Å². The van der Waals surface area contributed by atoms with Gasteiger partial charge in [0.25, 0.3) is 11.8 Å². The number of hydrogen-bond donors (Lipinski definition) is 2. The van der Waals surface area contributed by atoms with Crippen LogP contribution in [0.5, 0.6) is 0 Å². The third kappa shape index (κ3) is 6.33. The molecule has 0 unspecified atom stereocenters. The third-order valence-electron chi connectivity index (χ3n) is 5.07. The van der Waals surface area contributed by atoms with Crippen LogP contribution in [0.4, 0.5) is 5.69 Å². The molecule has 0 spiro atoms. The van der Waals surface area contributed by atoms with Gasteiger partial charge in [0.05, 0.1) is 31.1 Å². The zero-order chi connectivity index (χ0) is 22.4. The number of carbonyl (C=O) groups excluding carboxylic acids is 2. The summed E-state index contributed by atoms with van der Waals surface area (Å²) in [7, 11) is 1.58. The second kappa shape index (κ2) is 10.6. The molecule has 1 aliphatic rings. The summed E-state index contributed by atoms with van der Waals surface area (Å²) in [5, 5.41) is 7.31. The molecule has 0 atom stereocenters. The molecule has 1 aromatic carbocycles. The van der Waals surface area contributed by atoms with E-state index < -0.39 is 0 Å². The molecule has 2 N–H and O–H groups in total. The van der Waals surface area contributed by atoms with Crippen LogP contribution in [0.15, 0.2) is 27.5 Å². The molecule has 0 saturated carbocycles. The Morgan fingerprint density at radius 3 is 2.84 bits per heavy atom. The van der Waals surface area contributed by atoms with Crippen molar-refractivity contribution in [2.24, 2.45) is 0 Å². The largest absolute Gasteiger partial charge is 0.383 e. The van der Waals surface area contributed by atoms with Gasteiger partial charge in [-0.2, -0.15) is 0 Å². The highest BCUT2D eigenvalue weighted by Gasteiger charge is 2.30. The minimum Gasteiger partial charge on any atom is -0.383 e. The van der Waals surface area contributed by atoms with Gasteiger partial charge in [-0.1, -0.05) is 6.07 Å². The highest BCUT2D eigenvalue weighted by molar-refractivity contribution is 9.11. The number of rotatable bonds is 8. The second-order valence-electron chi connectivity index (χ2n) is 7.86. The molecule has 10 heteroatoms. The maximum absolute atomic E-state index is 12.9. The number of carbonyl (C=O) groups is 2. The zero-order valence-corrected chi connectivity index (χ0v) is 20.3. The Bertz CT molecular complexity index is 934. The average molecular weight is 511 g/mol. The van der Waals surface area contributed by atoms with Crippen molar-refractivity contribution in [2.45, 2.75) is 25.9 Å². The highest BCUT2D eigenvalue weighted by atomic mass is 79.9. The quantitative estimate of drug-likeness (QED) is 0.530. The summed E-state index contributed by atoms with van der Waals surface area (Å²) >= 11 is 4.59. The number of benzene rings is 1. The summed E-state index contributed by atoms with van der Waals surface area (Å²) in [5.41, 5.74) is 2.03. The lowest BCUT2D eigenvalue weighted by Gasteiger charge is -2.42. The van der Waals surface area contributed by atoms with Crippen molar-refractivity contribution in [3.8, 4) is 0 Å². The van der Waals surface area contributed by atoms with Crippen LogP contribution in [0.1, 0.15) is 40.3 Å². The predicted octanol–water partition coefficient (Wildman–Crippen LogP) is 3.14. The summed E-state index contributed by atoms with van der Waals surface area (Å²) in [5.74, 6) is -0.634. The molecule has 2 amide bonds. The Kier molecular flexibility index (Phi) is 8.17. The molecule has 1 aromatic heterocycles. The summed E-state index contributed by atoms with van der Waals surface area (Å²) in [6.45, 7) is 7.92. The number of amides is 2. The van der Waals surface area contributed by atoms with E-state index in [-0.39, 0.29) is 17.4 Å². The van der Waals surface area contributed by atoms with Crippen molar-refractivity contribution in [3.63, 3.8) is 0 Å². The van der Waals surface area contributed by atoms with Gasteiger partial charge < -0.3 is 20.1 Å². The lowest BCUT2D eigenvalue weighted by Crippen LogP contribution is -2.52. The van der Waals surface area contributed by atoms with E-state index in [9.17, 15) is 9.59 Å². The van der Waals surface area contributed by atoms with E-state index in [1.807, 2.05) is 12.1 Å². The van der Waals surface area contributed by atoms with E-state index in [4.69, 9.17) is 9.47 Å². The Hall–Kier alpha value is -1.85. The minimum atomic E-state index is -0.366. The van der Waals surface area contributed by atoms with Crippen LogP contribution < -0.4 is 10.6 Å². The highest BCUT2D eigenvalue weighted by Crippen LogP contribution is 2.25. The molecular weight excluding hydrogens is 484 g/mol. The van der Waals surface area contributed by atoms with E-state index in [0.717, 1.165) is 12.1 Å². The average Bonchev–Trinajstić information content (AvgIpc) is 3.17. The number of morpholine rings is 1. The van der Waals surface area contributed by atoms with Crippen LogP contribution in [-0.4, -0.2) is 67.3 Å². The maximum Gasteiger partial charge on any atom is 0.275 e. The van der Waals surface area contributed by atoms with Gasteiger partial charge in [0, 0.05) is 37.7 Å². The fourth-order valence-corrected chi connectivity index (χ4v) is 4.29. The number of methoxy groups -OCH3 is 1. The molecule has 8 nitrogen and oxygen atoms in total. The molecule has 31 heavy (non-hydrogen) atoms. The van der Waals surface area contributed by atoms with Crippen molar-refractivity contribution in [3.05, 3.63) is 44.3 Å². The van der Waals surface area contributed by atoms with E-state index in [0.29, 0.717) is 53.8 Å². The van der Waals surface area contributed by atoms with Gasteiger partial charge in [0.2, 0.25) is 0 Å². The zero-order valence-electron chi connectivity index (χ0n) is 17.9. The van der Waals surface area contributed by atoms with Gasteiger partial charge in [0.1, 0.15) is 5.69 Å². The predicted molar refractivity (Wildman–Crippen MR) is 124 cm³/mol. The molecule has 0 bridgehead atoms. The smallest absolute Gasteiger partial charge is 0.275 e. The Balaban J connectivity index is 1.83. The molecular formula is C21H27BrN4O4S. The maximum atomic E-state index is 12.9. The molecule has 2 aromatic rings. The molecule has 2 heterocycles. The van der Waals surface area contributed by atoms with Crippen LogP contribution in [0, 0.1) is 0 Å². The van der Waals surface area contributed by atoms with Crippen molar-refractivity contribution in [1.29, 1.82) is 0 Å². The van der Waals surface area contributed by atoms with Gasteiger partial charge in [-0.3, -0.25) is 14.5 Å². The van der Waals surface area contributed by atoms with E-state index >= 15 is 0 Å². The first-order valence-corrected chi connectivity index (χ1v) is 11.6. The van der Waals surface area contributed by atoms with Gasteiger partial charge in [0.15, 0.2) is 3.92 Å². The number of anilines is 1. The molecule has 1 fully saturated rings. The monoisotopic (exact) mass is 510 g/mol. The van der Waals surface area contributed by atoms with Crippen molar-refractivity contribution in [1.82, 2.24) is 15.2 Å². The normalized spacial score (nSPS) is 16.1. The van der Waals surface area contributed by atoms with Gasteiger partial charge >= 0.3 is 0 Å². The molecule has 168 valence electrons. The number of ether oxygens (including phenoxy) is 2. The molecule has 3 rings (SSSR count). The first kappa shape index (κ1) is 23.8. The lowest BCUT2D eigenvalue weighted by molar-refractivity contribution is -0.0552. The van der Waals surface area contributed by atoms with Crippen LogP contribution >= 0.6 is 27.3 Å². The standard InChI is InChI=1S/C21H27BrN4O4S/c1-21(2)13-30-9-7-26(21)11-14-4-5-16(15(10-14)18(27)23-6-8-29-3)24-19(28)17-12-31-20(22)25-17/h4-5,10,12H,6-9,11,13H2,1-3H3,(H,23,27)(H,24,28). The number of nitrogens with one attached hydrogen (secondary N) is 2. The number of thiazole rings is 1. The van der Waals surface area contributed by atoms with E-state index in [2.05, 4.69) is 50.3 Å². The number of nitrogens with zero attached hydrogens (tertiary/aromatic N) is 2. The van der Waals surface area contributed by atoms with Crippen LogP contribution in [0.3, 0.4) is 0 Å². The number of halogens is 1. The van der Waals surface area contributed by atoms with Crippen LogP contribution in [0.2, 0.25) is 0 Å². The Morgan fingerprint density at radius 2 is 2.16 bits per heavy atom. The number of hydrogen-bond acceptors (Lipinski definition) is 7. The lowest BCUT2D eigenvalue weighted by atomic mass is 10.00. The molecule has 1 aliphatic heterocycles. The fraction of sp³-hybridized carbons (Fsp3) is 0.476. The van der Waals surface area contributed by atoms with E-state index in [1.165, 1.54) is 11.3 Å². The minimum absolute atomic E-state index is 0.0932. The summed E-state index contributed by atoms with van der Waals surface area (Å²) in [6.07, 6.45) is 0. The second-order valence-corrected chi connectivity index (χ2v) is 9.99. The first-order valence-electron chi connectivity index (χ1n) is 9.95. The van der Waals surface area contributed by atoms with Gasteiger partial charge in [-0.25, -0.2) is 4.98 Å². The third-order valence-corrected chi connectivity index (χ3v) is 6.43. The van der Waals surface area contributed by atoms with Gasteiger partial charge in [-0.15, -0.1) is 11.3 Å². The van der Waals surface area contributed by atoms with Crippen LogP contribution in [0.25, 0.3) is 0 Å². The van der Waals surface area contributed by atoms with Crippen molar-refractivity contribution >= 4 is 44.8 Å². The Morgan fingerprint density at radius 1 is 1.35 bits per heavy atom. The summed E-state index contributed by atoms with van der Waals surface area (Å²) < 4.78 is 11.2.